The highest BCUT2D eigenvalue weighted by atomic mass is 16.5. The van der Waals surface area contributed by atoms with E-state index >= 15 is 0 Å². The SMILES string of the molecule is CCOC(=O)C(=O)CCCCCC(=O)C(=O)OCC. The van der Waals surface area contributed by atoms with Gasteiger partial charge in [0.15, 0.2) is 0 Å². The molecule has 0 fully saturated rings. The molecule has 0 unspecified atom stereocenters. The maximum Gasteiger partial charge on any atom is 0.374 e. The molecule has 0 saturated carbocycles. The van der Waals surface area contributed by atoms with Crippen LogP contribution < -0.4 is 0 Å². The largest absolute Gasteiger partial charge is 0.460 e. The van der Waals surface area contributed by atoms with Crippen LogP contribution in [0, 0.1) is 0 Å². The van der Waals surface area contributed by atoms with Crippen LogP contribution in [-0.4, -0.2) is 36.7 Å². The van der Waals surface area contributed by atoms with E-state index in [1.165, 1.54) is 0 Å². The highest BCUT2D eigenvalue weighted by Gasteiger charge is 2.15. The van der Waals surface area contributed by atoms with Crippen molar-refractivity contribution in [2.75, 3.05) is 13.2 Å². The number of carbonyl (C=O) groups excluding carboxylic acids is 4. The van der Waals surface area contributed by atoms with Crippen LogP contribution in [0.3, 0.4) is 0 Å². The summed E-state index contributed by atoms with van der Waals surface area (Å²) in [5, 5.41) is 0. The number of rotatable bonds is 10. The Morgan fingerprint density at radius 2 is 1.05 bits per heavy atom. The van der Waals surface area contributed by atoms with Gasteiger partial charge in [-0.2, -0.15) is 0 Å². The minimum Gasteiger partial charge on any atom is -0.460 e. The molecule has 0 aromatic carbocycles. The third kappa shape index (κ3) is 8.07. The van der Waals surface area contributed by atoms with E-state index in [0.29, 0.717) is 19.3 Å². The molecule has 108 valence electrons. The van der Waals surface area contributed by atoms with Crippen molar-refractivity contribution in [3.63, 3.8) is 0 Å². The Balaban J connectivity index is 3.65. The maximum atomic E-state index is 11.2. The summed E-state index contributed by atoms with van der Waals surface area (Å²) in [6.07, 6.45) is 1.79. The number of ketones is 2. The van der Waals surface area contributed by atoms with Crippen molar-refractivity contribution in [3.05, 3.63) is 0 Å². The zero-order chi connectivity index (χ0) is 14.7. The van der Waals surface area contributed by atoms with Gasteiger partial charge < -0.3 is 9.47 Å². The van der Waals surface area contributed by atoms with Crippen molar-refractivity contribution in [1.29, 1.82) is 0 Å². The fourth-order valence-corrected chi connectivity index (χ4v) is 1.38. The lowest BCUT2D eigenvalue weighted by Gasteiger charge is -2.02. The molecule has 0 aliphatic heterocycles. The standard InChI is InChI=1S/C13H20O6/c1-3-18-12(16)10(14)8-6-5-7-9-11(15)13(17)19-4-2/h3-9H2,1-2H3. The second-order valence-electron chi connectivity index (χ2n) is 3.85. The van der Waals surface area contributed by atoms with Crippen LogP contribution in [0.15, 0.2) is 0 Å². The van der Waals surface area contributed by atoms with Crippen molar-refractivity contribution in [2.24, 2.45) is 0 Å². The van der Waals surface area contributed by atoms with Gasteiger partial charge in [0.1, 0.15) is 0 Å². The van der Waals surface area contributed by atoms with Gasteiger partial charge in [0.2, 0.25) is 11.6 Å². The summed E-state index contributed by atoms with van der Waals surface area (Å²) in [6.45, 7) is 3.62. The van der Waals surface area contributed by atoms with E-state index in [-0.39, 0.29) is 26.1 Å². The van der Waals surface area contributed by atoms with Gasteiger partial charge in [-0.1, -0.05) is 6.42 Å². The van der Waals surface area contributed by atoms with Crippen LogP contribution >= 0.6 is 0 Å². The van der Waals surface area contributed by atoms with Crippen LogP contribution in [0.1, 0.15) is 46.0 Å². The van der Waals surface area contributed by atoms with Gasteiger partial charge in [-0.25, -0.2) is 9.59 Å². The first-order valence-electron chi connectivity index (χ1n) is 6.42. The molecule has 0 saturated heterocycles. The topological polar surface area (TPSA) is 86.7 Å². The van der Waals surface area contributed by atoms with E-state index in [0.717, 1.165) is 0 Å². The normalized spacial score (nSPS) is 9.79. The molecule has 0 aliphatic rings. The van der Waals surface area contributed by atoms with E-state index in [4.69, 9.17) is 0 Å². The monoisotopic (exact) mass is 272 g/mol. The maximum absolute atomic E-state index is 11.2. The molecule has 0 amide bonds. The minimum atomic E-state index is -0.815. The van der Waals surface area contributed by atoms with Crippen LogP contribution in [-0.2, 0) is 28.7 Å². The summed E-state index contributed by atoms with van der Waals surface area (Å²) in [7, 11) is 0. The van der Waals surface area contributed by atoms with Gasteiger partial charge in [0.25, 0.3) is 0 Å². The Hall–Kier alpha value is -1.72. The highest BCUT2D eigenvalue weighted by Crippen LogP contribution is 2.05. The smallest absolute Gasteiger partial charge is 0.374 e. The predicted molar refractivity (Wildman–Crippen MR) is 66.4 cm³/mol. The number of esters is 2. The van der Waals surface area contributed by atoms with Crippen LogP contribution in [0.2, 0.25) is 0 Å². The van der Waals surface area contributed by atoms with E-state index < -0.39 is 23.5 Å². The average Bonchev–Trinajstić information content (AvgIpc) is 2.38. The fourth-order valence-electron chi connectivity index (χ4n) is 1.38. The number of carbonyl (C=O) groups is 4. The number of hydrogen-bond donors (Lipinski definition) is 0. The molecule has 0 aliphatic carbocycles. The van der Waals surface area contributed by atoms with Gasteiger partial charge in [-0.15, -0.1) is 0 Å². The van der Waals surface area contributed by atoms with Gasteiger partial charge in [-0.3, -0.25) is 9.59 Å². The van der Waals surface area contributed by atoms with Gasteiger partial charge in [-0.05, 0) is 26.7 Å². The molecule has 0 aromatic rings. The first-order valence-corrected chi connectivity index (χ1v) is 6.42. The summed E-state index contributed by atoms with van der Waals surface area (Å²) < 4.78 is 9.11. The molecule has 6 nitrogen and oxygen atoms in total. The Labute approximate surface area is 112 Å². The fraction of sp³-hybridized carbons (Fsp3) is 0.692. The van der Waals surface area contributed by atoms with Gasteiger partial charge >= 0.3 is 11.9 Å². The Morgan fingerprint density at radius 3 is 1.37 bits per heavy atom. The Morgan fingerprint density at radius 1 is 0.684 bits per heavy atom. The summed E-state index contributed by atoms with van der Waals surface area (Å²) in [4.78, 5) is 44.4. The molecule has 0 rings (SSSR count). The van der Waals surface area contributed by atoms with Crippen molar-refractivity contribution in [3.8, 4) is 0 Å². The van der Waals surface area contributed by atoms with E-state index in [1.807, 2.05) is 0 Å². The predicted octanol–water partition coefficient (Wildman–Crippen LogP) is 1.20. The lowest BCUT2D eigenvalue weighted by Crippen LogP contribution is -2.17. The molecule has 0 spiro atoms. The molecule has 0 N–H and O–H groups in total. The zero-order valence-corrected chi connectivity index (χ0v) is 11.4. The van der Waals surface area contributed by atoms with E-state index in [9.17, 15) is 19.2 Å². The summed E-state index contributed by atoms with van der Waals surface area (Å²) in [5.41, 5.74) is 0. The average molecular weight is 272 g/mol. The summed E-state index contributed by atoms with van der Waals surface area (Å²) in [5.74, 6) is -2.74. The summed E-state index contributed by atoms with van der Waals surface area (Å²) in [6, 6.07) is 0. The Bertz CT molecular complexity index is 302. The van der Waals surface area contributed by atoms with Crippen LogP contribution in [0.25, 0.3) is 0 Å². The van der Waals surface area contributed by atoms with Crippen molar-refractivity contribution in [2.45, 2.75) is 46.0 Å². The first-order chi connectivity index (χ1) is 9.02. The second kappa shape index (κ2) is 10.2. The Kier molecular flexibility index (Phi) is 9.30. The molecule has 0 radical (unpaired) electrons. The van der Waals surface area contributed by atoms with Crippen molar-refractivity contribution >= 4 is 23.5 Å². The molecular formula is C13H20O6. The van der Waals surface area contributed by atoms with Gasteiger partial charge in [0.05, 0.1) is 13.2 Å². The molecule has 0 heterocycles. The third-order valence-electron chi connectivity index (χ3n) is 2.31. The lowest BCUT2D eigenvalue weighted by molar-refractivity contribution is -0.153. The van der Waals surface area contributed by atoms with Crippen LogP contribution in [0.4, 0.5) is 0 Å². The molecule has 0 bridgehead atoms. The van der Waals surface area contributed by atoms with Gasteiger partial charge in [0, 0.05) is 12.8 Å². The van der Waals surface area contributed by atoms with Crippen molar-refractivity contribution < 1.29 is 28.7 Å². The lowest BCUT2D eigenvalue weighted by atomic mass is 10.1. The molecule has 0 aromatic heterocycles. The summed E-state index contributed by atoms with van der Waals surface area (Å²) >= 11 is 0. The minimum absolute atomic E-state index is 0.104. The number of hydrogen-bond acceptors (Lipinski definition) is 6. The highest BCUT2D eigenvalue weighted by molar-refractivity contribution is 6.34. The van der Waals surface area contributed by atoms with Crippen LogP contribution in [0.5, 0.6) is 0 Å². The molecular weight excluding hydrogens is 252 g/mol. The molecule has 19 heavy (non-hydrogen) atoms. The van der Waals surface area contributed by atoms with E-state index in [1.54, 1.807) is 13.8 Å². The first kappa shape index (κ1) is 17.3. The third-order valence-corrected chi connectivity index (χ3v) is 2.31. The number of unbranched alkanes of at least 4 members (excludes halogenated alkanes) is 2. The quantitative estimate of drug-likeness (QED) is 0.337. The second-order valence-corrected chi connectivity index (χ2v) is 3.85. The van der Waals surface area contributed by atoms with E-state index in [2.05, 4.69) is 9.47 Å². The van der Waals surface area contributed by atoms with Crippen molar-refractivity contribution in [1.82, 2.24) is 0 Å². The number of ether oxygens (including phenoxy) is 2. The molecule has 0 atom stereocenters. The zero-order valence-electron chi connectivity index (χ0n) is 11.4. The molecule has 6 heteroatoms. The number of Topliss-reactive ketones (excluding diaryl/α,β-unsaturated/α-hetero) is 2.